The van der Waals surface area contributed by atoms with Crippen LogP contribution in [0.5, 0.6) is 0 Å². The fourth-order valence-electron chi connectivity index (χ4n) is 3.07. The van der Waals surface area contributed by atoms with Gasteiger partial charge >= 0.3 is 0 Å². The Morgan fingerprint density at radius 3 is 2.13 bits per heavy atom. The number of thiocarbonyl (C=S) groups is 1. The molecule has 1 aromatic heterocycles. The molecule has 0 radical (unpaired) electrons. The molecule has 3 aromatic rings. The van der Waals surface area contributed by atoms with Gasteiger partial charge in [0, 0.05) is 22.1 Å². The Morgan fingerprint density at radius 2 is 1.52 bits per heavy atom. The minimum atomic E-state index is 0.414. The molecule has 0 unspecified atom stereocenters. The summed E-state index contributed by atoms with van der Waals surface area (Å²) >= 11 is 11.5. The molecule has 31 heavy (non-hydrogen) atoms. The zero-order chi connectivity index (χ0) is 22.4. The van der Waals surface area contributed by atoms with E-state index in [-0.39, 0.29) is 0 Å². The van der Waals surface area contributed by atoms with E-state index in [4.69, 9.17) is 23.8 Å². The summed E-state index contributed by atoms with van der Waals surface area (Å²) in [6.07, 6.45) is 0. The number of hydrogen-bond acceptors (Lipinski definition) is 4. The maximum Gasteiger partial charge on any atom is 0.229 e. The number of aliphatic imine (C=N–C) groups is 1. The Balaban J connectivity index is 1.78. The first-order chi connectivity index (χ1) is 14.8. The second kappa shape index (κ2) is 10.3. The number of nitrogens with one attached hydrogen (secondary N) is 3. The average molecular weight is 453 g/mol. The largest absolute Gasteiger partial charge is 0.332 e. The molecule has 0 spiro atoms. The van der Waals surface area contributed by atoms with Crippen LogP contribution in [0.15, 0.2) is 53.5 Å². The van der Waals surface area contributed by atoms with Crippen molar-refractivity contribution in [3.8, 4) is 0 Å². The van der Waals surface area contributed by atoms with Crippen LogP contribution < -0.4 is 16.0 Å². The number of nitrogens with zero attached hydrogens (tertiary/aromatic N) is 3. The van der Waals surface area contributed by atoms with Gasteiger partial charge in [-0.2, -0.15) is 0 Å². The third-order valence-corrected chi connectivity index (χ3v) is 4.71. The summed E-state index contributed by atoms with van der Waals surface area (Å²) in [5, 5.41) is 10.6. The molecule has 0 aliphatic heterocycles. The van der Waals surface area contributed by atoms with Gasteiger partial charge in [-0.1, -0.05) is 29.8 Å². The lowest BCUT2D eigenvalue weighted by Gasteiger charge is -2.15. The van der Waals surface area contributed by atoms with E-state index in [9.17, 15) is 0 Å². The molecule has 0 amide bonds. The molecule has 160 valence electrons. The molecule has 0 atom stereocenters. The number of aryl methyl sites for hydroxylation is 4. The monoisotopic (exact) mass is 452 g/mol. The van der Waals surface area contributed by atoms with Crippen molar-refractivity contribution >= 4 is 46.5 Å². The minimum Gasteiger partial charge on any atom is -0.332 e. The van der Waals surface area contributed by atoms with Gasteiger partial charge in [-0.25, -0.2) is 15.0 Å². The summed E-state index contributed by atoms with van der Waals surface area (Å²) < 4.78 is 0. The topological polar surface area (TPSA) is 74.2 Å². The normalized spacial score (nSPS) is 11.2. The van der Waals surface area contributed by atoms with Gasteiger partial charge < -0.3 is 10.6 Å². The van der Waals surface area contributed by atoms with Crippen LogP contribution in [0, 0.1) is 27.7 Å². The Morgan fingerprint density at radius 1 is 0.903 bits per heavy atom. The van der Waals surface area contributed by atoms with E-state index in [0.717, 1.165) is 33.8 Å². The fourth-order valence-corrected chi connectivity index (χ4v) is 3.42. The first kappa shape index (κ1) is 22.7. The van der Waals surface area contributed by atoms with E-state index in [1.807, 2.05) is 70.2 Å². The minimum absolute atomic E-state index is 0.414. The standard InChI is InChI=1S/C23H25ClN6S/c1-14-9-15(2)11-20(10-14)28-23(31)30-21(25-13-18-5-7-19(24)8-6-18)29-22-26-16(3)12-17(4)27-22/h5-12H,13H2,1-4H3,(H3,25,26,27,28,29,30,31). The van der Waals surface area contributed by atoms with Crippen molar-refractivity contribution < 1.29 is 0 Å². The van der Waals surface area contributed by atoms with Crippen LogP contribution in [-0.4, -0.2) is 21.0 Å². The predicted octanol–water partition coefficient (Wildman–Crippen LogP) is 5.32. The van der Waals surface area contributed by atoms with Gasteiger partial charge in [0.25, 0.3) is 0 Å². The van der Waals surface area contributed by atoms with Crippen LogP contribution in [0.1, 0.15) is 28.1 Å². The maximum absolute atomic E-state index is 5.98. The van der Waals surface area contributed by atoms with Gasteiger partial charge in [-0.3, -0.25) is 5.32 Å². The molecule has 0 aliphatic rings. The van der Waals surface area contributed by atoms with E-state index >= 15 is 0 Å². The van der Waals surface area contributed by atoms with Gasteiger partial charge in [-0.15, -0.1) is 0 Å². The molecule has 3 N–H and O–H groups in total. The molecule has 6 nitrogen and oxygen atoms in total. The number of guanidine groups is 1. The quantitative estimate of drug-likeness (QED) is 0.282. The van der Waals surface area contributed by atoms with Crippen molar-refractivity contribution in [3.05, 3.63) is 81.6 Å². The second-order valence-corrected chi connectivity index (χ2v) is 8.19. The highest BCUT2D eigenvalue weighted by molar-refractivity contribution is 7.80. The van der Waals surface area contributed by atoms with Gasteiger partial charge in [-0.05, 0) is 86.9 Å². The Bertz CT molecular complexity index is 1070. The number of hydrogen-bond donors (Lipinski definition) is 3. The van der Waals surface area contributed by atoms with Gasteiger partial charge in [0.1, 0.15) is 0 Å². The van der Waals surface area contributed by atoms with E-state index in [1.165, 1.54) is 0 Å². The van der Waals surface area contributed by atoms with Crippen LogP contribution in [0.3, 0.4) is 0 Å². The van der Waals surface area contributed by atoms with Gasteiger partial charge in [0.15, 0.2) is 5.11 Å². The SMILES string of the molecule is Cc1cc(C)cc(NC(=S)NC(=NCc2ccc(Cl)cc2)Nc2nc(C)cc(C)n2)c1. The number of halogens is 1. The molecule has 0 fully saturated rings. The van der Waals surface area contributed by atoms with E-state index in [1.54, 1.807) is 0 Å². The summed E-state index contributed by atoms with van der Waals surface area (Å²) in [5.74, 6) is 0.899. The smallest absolute Gasteiger partial charge is 0.229 e. The van der Waals surface area contributed by atoms with Crippen molar-refractivity contribution in [1.29, 1.82) is 0 Å². The number of benzene rings is 2. The third-order valence-electron chi connectivity index (χ3n) is 4.26. The molecule has 3 rings (SSSR count). The highest BCUT2D eigenvalue weighted by Crippen LogP contribution is 2.14. The summed E-state index contributed by atoms with van der Waals surface area (Å²) in [4.78, 5) is 13.5. The molecule has 2 aromatic carbocycles. The molecule has 8 heteroatoms. The lowest BCUT2D eigenvalue weighted by Crippen LogP contribution is -2.39. The maximum atomic E-state index is 5.98. The Labute approximate surface area is 193 Å². The summed E-state index contributed by atoms with van der Waals surface area (Å²) in [6, 6.07) is 15.6. The van der Waals surface area contributed by atoms with Crippen molar-refractivity contribution in [2.75, 3.05) is 10.6 Å². The highest BCUT2D eigenvalue weighted by Gasteiger charge is 2.08. The number of rotatable bonds is 4. The third kappa shape index (κ3) is 7.31. The molecule has 0 aliphatic carbocycles. The van der Waals surface area contributed by atoms with E-state index < -0.39 is 0 Å². The lowest BCUT2D eigenvalue weighted by molar-refractivity contribution is 1.03. The summed E-state index contributed by atoms with van der Waals surface area (Å²) in [7, 11) is 0. The van der Waals surface area contributed by atoms with Crippen LogP contribution >= 0.6 is 23.8 Å². The van der Waals surface area contributed by atoms with E-state index in [0.29, 0.717) is 28.6 Å². The average Bonchev–Trinajstić information content (AvgIpc) is 2.65. The van der Waals surface area contributed by atoms with Crippen molar-refractivity contribution in [3.63, 3.8) is 0 Å². The lowest BCUT2D eigenvalue weighted by atomic mass is 10.1. The first-order valence-electron chi connectivity index (χ1n) is 9.81. The highest BCUT2D eigenvalue weighted by atomic mass is 35.5. The van der Waals surface area contributed by atoms with E-state index in [2.05, 4.69) is 37.0 Å². The predicted molar refractivity (Wildman–Crippen MR) is 133 cm³/mol. The van der Waals surface area contributed by atoms with Gasteiger partial charge in [0.2, 0.25) is 11.9 Å². The van der Waals surface area contributed by atoms with Gasteiger partial charge in [0.05, 0.1) is 6.54 Å². The molecule has 1 heterocycles. The number of anilines is 2. The van der Waals surface area contributed by atoms with Crippen molar-refractivity contribution in [2.24, 2.45) is 4.99 Å². The zero-order valence-electron chi connectivity index (χ0n) is 18.0. The molecule has 0 saturated heterocycles. The summed E-state index contributed by atoms with van der Waals surface area (Å²) in [6.45, 7) is 8.37. The fraction of sp³-hybridized carbons (Fsp3) is 0.217. The van der Waals surface area contributed by atoms with Crippen molar-refractivity contribution in [1.82, 2.24) is 15.3 Å². The molecular weight excluding hydrogens is 428 g/mol. The van der Waals surface area contributed by atoms with Crippen LogP contribution in [0.2, 0.25) is 5.02 Å². The molecular formula is C23H25ClN6S. The van der Waals surface area contributed by atoms with Crippen LogP contribution in [-0.2, 0) is 6.54 Å². The Hall–Kier alpha value is -3.03. The van der Waals surface area contributed by atoms with Crippen LogP contribution in [0.25, 0.3) is 0 Å². The first-order valence-corrected chi connectivity index (χ1v) is 10.6. The second-order valence-electron chi connectivity index (χ2n) is 7.35. The molecule has 0 saturated carbocycles. The summed E-state index contributed by atoms with van der Waals surface area (Å²) in [5.41, 5.74) is 5.97. The molecule has 0 bridgehead atoms. The number of aromatic nitrogens is 2. The Kier molecular flexibility index (Phi) is 7.55. The van der Waals surface area contributed by atoms with Crippen LogP contribution in [0.4, 0.5) is 11.6 Å². The van der Waals surface area contributed by atoms with Crippen molar-refractivity contribution in [2.45, 2.75) is 34.2 Å². The zero-order valence-corrected chi connectivity index (χ0v) is 19.5.